The molecule has 0 fully saturated rings. The third-order valence-electron chi connectivity index (χ3n) is 0. The molecule has 0 saturated heterocycles. The average Bonchev–Trinajstić information content (AvgIpc) is 1.41. The topological polar surface area (TPSA) is 174 Å². The summed E-state index contributed by atoms with van der Waals surface area (Å²) in [5.74, 6) is 0. The fourth-order valence-electron chi connectivity index (χ4n) is 0. The van der Waals surface area contributed by atoms with Gasteiger partial charge in [0.05, 0.1) is 0 Å². The van der Waals surface area contributed by atoms with Crippen LogP contribution in [0.2, 0.25) is 0 Å². The molecular formula is H11F2N3O5. The molecule has 0 aliphatic carbocycles. The predicted molar refractivity (Wildman–Crippen MR) is 29.1 cm³/mol. The molecule has 0 aromatic heterocycles. The maximum atomic E-state index is 8.36. The monoisotopic (exact) mass is 171 g/mol. The van der Waals surface area contributed by atoms with Crippen molar-refractivity contribution in [2.45, 2.75) is 0 Å². The molecule has 8 nitrogen and oxygen atoms in total. The molecule has 0 heterocycles. The maximum Gasteiger partial charge on any atom is 0.291 e. The van der Waals surface area contributed by atoms with Crippen molar-refractivity contribution in [1.29, 1.82) is 0 Å². The van der Waals surface area contributed by atoms with Crippen molar-refractivity contribution in [2.24, 2.45) is 0 Å². The molecule has 0 saturated carbocycles. The molecule has 0 aromatic carbocycles. The number of halogens is 2. The smallest absolute Gasteiger partial charge is 0.291 e. The summed E-state index contributed by atoms with van der Waals surface area (Å²) in [6, 6.07) is 0. The van der Waals surface area contributed by atoms with Crippen LogP contribution in [0.4, 0.5) is 9.41 Å². The van der Waals surface area contributed by atoms with Crippen LogP contribution in [0.15, 0.2) is 0 Å². The van der Waals surface area contributed by atoms with Crippen molar-refractivity contribution in [3.05, 3.63) is 10.1 Å². The van der Waals surface area contributed by atoms with Crippen LogP contribution in [0, 0.1) is 10.1 Å². The summed E-state index contributed by atoms with van der Waals surface area (Å²) in [5, 5.41) is 25.6. The van der Waals surface area contributed by atoms with E-state index in [1.807, 2.05) is 0 Å². The lowest BCUT2D eigenvalue weighted by molar-refractivity contribution is -0.742. The van der Waals surface area contributed by atoms with E-state index in [1.54, 1.807) is 0 Å². The largest absolute Gasteiger partial charge is 0.344 e. The molecule has 0 aliphatic rings. The lowest BCUT2D eigenvalue weighted by atomic mass is 13.1. The van der Waals surface area contributed by atoms with Crippen LogP contribution < -0.4 is 12.3 Å². The van der Waals surface area contributed by atoms with Gasteiger partial charge in [0.2, 0.25) is 0 Å². The van der Waals surface area contributed by atoms with Crippen molar-refractivity contribution in [2.75, 3.05) is 0 Å². The van der Waals surface area contributed by atoms with Gasteiger partial charge in [-0.3, -0.25) is 19.9 Å². The van der Waals surface area contributed by atoms with Crippen molar-refractivity contribution in [3.63, 3.8) is 0 Å². The summed E-state index contributed by atoms with van der Waals surface area (Å²) >= 11 is 0. The first-order valence-electron chi connectivity index (χ1n) is 0.765. The highest BCUT2D eigenvalue weighted by atomic mass is 19.0. The fourth-order valence-corrected chi connectivity index (χ4v) is 0. The van der Waals surface area contributed by atoms with Gasteiger partial charge in [-0.15, -0.1) is 10.1 Å². The van der Waals surface area contributed by atoms with Gasteiger partial charge in [-0.05, 0) is 0 Å². The normalized spacial score (nSPS) is 3.00. The Morgan fingerprint density at radius 3 is 1.10 bits per heavy atom. The summed E-state index contributed by atoms with van der Waals surface area (Å²) in [5.41, 5.74) is 0. The summed E-state index contributed by atoms with van der Waals surface area (Å²) in [7, 11) is 0. The minimum absolute atomic E-state index is 0. The van der Waals surface area contributed by atoms with Gasteiger partial charge < -0.3 is 17.5 Å². The van der Waals surface area contributed by atoms with Gasteiger partial charge in [0, 0.05) is 0 Å². The zero-order chi connectivity index (χ0) is 5.58. The molecular weight excluding hydrogens is 160 g/mol. The Hall–Kier alpha value is -1.10. The highest BCUT2D eigenvalue weighted by molar-refractivity contribution is 3.83. The molecule has 9 N–H and O–H groups in total. The standard InChI is InChI=1S/2FH.HNO3.2H3N.H2O2/c;;2-1(3)4;;;1-2/h2*1H;(H,2,3,4);2*1H3;1-2H. The molecule has 0 unspecified atom stereocenters. The molecule has 0 aliphatic heterocycles. The first-order chi connectivity index (χ1) is 2.73. The van der Waals surface area contributed by atoms with Gasteiger partial charge in [-0.25, -0.2) is 0 Å². The summed E-state index contributed by atoms with van der Waals surface area (Å²) in [6.07, 6.45) is 0. The molecule has 0 atom stereocenters. The molecule has 0 aromatic rings. The van der Waals surface area contributed by atoms with Gasteiger partial charge >= 0.3 is 0 Å². The van der Waals surface area contributed by atoms with Gasteiger partial charge in [0.25, 0.3) is 5.09 Å². The van der Waals surface area contributed by atoms with Crippen molar-refractivity contribution < 1.29 is 30.2 Å². The van der Waals surface area contributed by atoms with E-state index in [-0.39, 0.29) is 21.7 Å². The molecule has 10 heavy (non-hydrogen) atoms. The summed E-state index contributed by atoms with van der Waals surface area (Å²) < 4.78 is 0. The van der Waals surface area contributed by atoms with Crippen molar-refractivity contribution in [1.82, 2.24) is 12.3 Å². The van der Waals surface area contributed by atoms with Gasteiger partial charge in [-0.1, -0.05) is 0 Å². The van der Waals surface area contributed by atoms with Crippen LogP contribution in [0.1, 0.15) is 0 Å². The predicted octanol–water partition coefficient (Wildman–Crippen LogP) is 0.299. The zero-order valence-corrected chi connectivity index (χ0v) is 4.84. The Morgan fingerprint density at radius 2 is 1.10 bits per heavy atom. The number of hydrogen-bond donors (Lipinski definition) is 5. The minimum Gasteiger partial charge on any atom is -0.344 e. The van der Waals surface area contributed by atoms with E-state index in [9.17, 15) is 0 Å². The Morgan fingerprint density at radius 1 is 1.10 bits per heavy atom. The number of rotatable bonds is 0. The van der Waals surface area contributed by atoms with E-state index in [0.717, 1.165) is 0 Å². The average molecular weight is 171 g/mol. The molecule has 0 radical (unpaired) electrons. The highest BCUT2D eigenvalue weighted by Gasteiger charge is 1.65. The maximum absolute atomic E-state index is 8.36. The van der Waals surface area contributed by atoms with Crippen LogP contribution in [0.5, 0.6) is 0 Å². The summed E-state index contributed by atoms with van der Waals surface area (Å²) in [6.45, 7) is 0. The lowest BCUT2D eigenvalue weighted by Gasteiger charge is -1.56. The Bertz CT molecular complexity index is 37.9. The number of hydrogen-bond acceptors (Lipinski definition) is 6. The first kappa shape index (κ1) is 66.0. The summed E-state index contributed by atoms with van der Waals surface area (Å²) in [4.78, 5) is 8.36. The van der Waals surface area contributed by atoms with Crippen molar-refractivity contribution in [3.8, 4) is 0 Å². The number of nitrogens with zero attached hydrogens (tertiary/aromatic N) is 1. The third kappa shape index (κ3) is 199. The molecule has 0 amide bonds. The SMILES string of the molecule is F.F.N.N.O=[N+]([O-])O.OO. The van der Waals surface area contributed by atoms with Gasteiger partial charge in [-0.2, -0.15) is 0 Å². The molecule has 70 valence electrons. The van der Waals surface area contributed by atoms with Crippen LogP contribution in [0.25, 0.3) is 0 Å². The quantitative estimate of drug-likeness (QED) is 0.198. The van der Waals surface area contributed by atoms with Crippen LogP contribution >= 0.6 is 0 Å². The second-order valence-electron chi connectivity index (χ2n) is 0.238. The van der Waals surface area contributed by atoms with E-state index < -0.39 is 5.09 Å². The van der Waals surface area contributed by atoms with E-state index >= 15 is 0 Å². The molecule has 0 rings (SSSR count). The van der Waals surface area contributed by atoms with Crippen molar-refractivity contribution >= 4 is 0 Å². The highest BCUT2D eigenvalue weighted by Crippen LogP contribution is 1.38. The Balaban J connectivity index is -0.00000000625. The van der Waals surface area contributed by atoms with E-state index in [0.29, 0.717) is 0 Å². The minimum atomic E-state index is -1.50. The second kappa shape index (κ2) is 104. The lowest BCUT2D eigenvalue weighted by Crippen LogP contribution is -1.81. The van der Waals surface area contributed by atoms with Crippen LogP contribution in [-0.2, 0) is 0 Å². The van der Waals surface area contributed by atoms with E-state index in [1.165, 1.54) is 0 Å². The molecule has 0 spiro atoms. The van der Waals surface area contributed by atoms with Gasteiger partial charge in [0.1, 0.15) is 0 Å². The van der Waals surface area contributed by atoms with Gasteiger partial charge in [0.15, 0.2) is 0 Å². The molecule has 0 bridgehead atoms. The zero-order valence-electron chi connectivity index (χ0n) is 4.84. The molecule has 10 heteroatoms. The fraction of sp³-hybridized carbons (Fsp3) is 0. The third-order valence-corrected chi connectivity index (χ3v) is 0. The van der Waals surface area contributed by atoms with Crippen LogP contribution in [-0.4, -0.2) is 20.8 Å². The first-order valence-corrected chi connectivity index (χ1v) is 0.765. The van der Waals surface area contributed by atoms with Crippen LogP contribution in [0.3, 0.4) is 0 Å². The second-order valence-corrected chi connectivity index (χ2v) is 0.238. The van der Waals surface area contributed by atoms with E-state index in [4.69, 9.17) is 25.8 Å². The Labute approximate surface area is 54.0 Å². The Kier molecular flexibility index (Phi) is 688. The van der Waals surface area contributed by atoms with E-state index in [2.05, 4.69) is 0 Å².